The predicted molar refractivity (Wildman–Crippen MR) is 108 cm³/mol. The van der Waals surface area contributed by atoms with Gasteiger partial charge in [-0.2, -0.15) is 0 Å². The van der Waals surface area contributed by atoms with Crippen molar-refractivity contribution in [2.75, 3.05) is 12.4 Å². The number of rotatable bonds is 5. The van der Waals surface area contributed by atoms with Gasteiger partial charge in [0.2, 0.25) is 0 Å². The van der Waals surface area contributed by atoms with Gasteiger partial charge in [-0.15, -0.1) is 0 Å². The Labute approximate surface area is 168 Å². The normalized spacial score (nSPS) is 13.0. The highest BCUT2D eigenvalue weighted by Crippen LogP contribution is 2.31. The SMILES string of the molecule is Cc1cccc(C)c1NC(=O)[C@@H](c1ccc(Cl)cc1Cl)N(C)C(=O)[C@@H](C)O. The third-order valence-electron chi connectivity index (χ3n) is 4.33. The number of likely N-dealkylation sites (N-methyl/N-ethyl adjacent to an activating group) is 1. The van der Waals surface area contributed by atoms with E-state index in [-0.39, 0.29) is 5.02 Å². The van der Waals surface area contributed by atoms with Crippen molar-refractivity contribution in [1.82, 2.24) is 4.90 Å². The minimum absolute atomic E-state index is 0.259. The van der Waals surface area contributed by atoms with Crippen LogP contribution in [0.1, 0.15) is 29.7 Å². The smallest absolute Gasteiger partial charge is 0.251 e. The van der Waals surface area contributed by atoms with Gasteiger partial charge in [-0.3, -0.25) is 9.59 Å². The summed E-state index contributed by atoms with van der Waals surface area (Å²) in [6.45, 7) is 5.12. The van der Waals surface area contributed by atoms with E-state index in [1.54, 1.807) is 12.1 Å². The van der Waals surface area contributed by atoms with Crippen LogP contribution >= 0.6 is 23.2 Å². The van der Waals surface area contributed by atoms with Crippen LogP contribution in [-0.4, -0.2) is 35.0 Å². The van der Waals surface area contributed by atoms with Gasteiger partial charge in [0.1, 0.15) is 12.1 Å². The molecule has 0 saturated heterocycles. The summed E-state index contributed by atoms with van der Waals surface area (Å²) >= 11 is 12.3. The van der Waals surface area contributed by atoms with Gasteiger partial charge in [-0.05, 0) is 44.0 Å². The summed E-state index contributed by atoms with van der Waals surface area (Å²) in [4.78, 5) is 26.7. The van der Waals surface area contributed by atoms with Crippen molar-refractivity contribution < 1.29 is 14.7 Å². The summed E-state index contributed by atoms with van der Waals surface area (Å²) in [5.41, 5.74) is 2.89. The predicted octanol–water partition coefficient (Wildman–Crippen LogP) is 4.13. The Morgan fingerprint density at radius 1 is 1.11 bits per heavy atom. The second-order valence-electron chi connectivity index (χ2n) is 6.45. The molecule has 0 saturated carbocycles. The van der Waals surface area contributed by atoms with E-state index in [0.717, 1.165) is 11.1 Å². The van der Waals surface area contributed by atoms with Crippen LogP contribution in [0, 0.1) is 13.8 Å². The van der Waals surface area contributed by atoms with Crippen LogP contribution in [0.4, 0.5) is 5.69 Å². The Kier molecular flexibility index (Phi) is 6.87. The molecule has 0 unspecified atom stereocenters. The first kappa shape index (κ1) is 21.2. The number of benzene rings is 2. The number of hydrogen-bond donors (Lipinski definition) is 2. The number of anilines is 1. The molecule has 0 aliphatic rings. The molecule has 0 heterocycles. The molecule has 2 amide bonds. The molecule has 0 radical (unpaired) electrons. The molecular weight excluding hydrogens is 387 g/mol. The number of carbonyl (C=O) groups is 2. The van der Waals surface area contributed by atoms with E-state index in [2.05, 4.69) is 5.32 Å². The van der Waals surface area contributed by atoms with E-state index in [9.17, 15) is 14.7 Å². The molecule has 7 heteroatoms. The van der Waals surface area contributed by atoms with E-state index in [1.807, 2.05) is 32.0 Å². The highest BCUT2D eigenvalue weighted by molar-refractivity contribution is 6.35. The number of aliphatic hydroxyl groups excluding tert-OH is 1. The van der Waals surface area contributed by atoms with Crippen molar-refractivity contribution in [3.8, 4) is 0 Å². The molecule has 5 nitrogen and oxygen atoms in total. The quantitative estimate of drug-likeness (QED) is 0.780. The number of nitrogens with one attached hydrogen (secondary N) is 1. The Hall–Kier alpha value is -2.08. The summed E-state index contributed by atoms with van der Waals surface area (Å²) in [5.74, 6) is -1.03. The molecule has 144 valence electrons. The first-order chi connectivity index (χ1) is 12.6. The lowest BCUT2D eigenvalue weighted by Crippen LogP contribution is -2.42. The third kappa shape index (κ3) is 4.80. The largest absolute Gasteiger partial charge is 0.384 e. The van der Waals surface area contributed by atoms with Gasteiger partial charge in [0, 0.05) is 28.3 Å². The number of halogens is 2. The van der Waals surface area contributed by atoms with Gasteiger partial charge >= 0.3 is 0 Å². The highest BCUT2D eigenvalue weighted by Gasteiger charge is 2.32. The molecule has 0 spiro atoms. The number of hydrogen-bond acceptors (Lipinski definition) is 3. The van der Waals surface area contributed by atoms with E-state index >= 15 is 0 Å². The minimum atomic E-state index is -1.25. The molecule has 2 aromatic rings. The van der Waals surface area contributed by atoms with Crippen molar-refractivity contribution in [3.63, 3.8) is 0 Å². The number of aryl methyl sites for hydroxylation is 2. The summed E-state index contributed by atoms with van der Waals surface area (Å²) in [6, 6.07) is 9.36. The van der Waals surface area contributed by atoms with Crippen molar-refractivity contribution in [2.24, 2.45) is 0 Å². The summed E-state index contributed by atoms with van der Waals surface area (Å²) in [7, 11) is 1.45. The second-order valence-corrected chi connectivity index (χ2v) is 7.29. The molecule has 2 atom stereocenters. The van der Waals surface area contributed by atoms with Crippen LogP contribution in [0.3, 0.4) is 0 Å². The molecule has 2 N–H and O–H groups in total. The number of nitrogens with zero attached hydrogens (tertiary/aromatic N) is 1. The first-order valence-corrected chi connectivity index (χ1v) is 9.15. The number of carbonyl (C=O) groups excluding carboxylic acids is 2. The lowest BCUT2D eigenvalue weighted by Gasteiger charge is -2.29. The fraction of sp³-hybridized carbons (Fsp3) is 0.300. The van der Waals surface area contributed by atoms with Gasteiger partial charge in [0.25, 0.3) is 11.8 Å². The van der Waals surface area contributed by atoms with E-state index in [4.69, 9.17) is 23.2 Å². The minimum Gasteiger partial charge on any atom is -0.384 e. The van der Waals surface area contributed by atoms with E-state index in [1.165, 1.54) is 24.9 Å². The second kappa shape index (κ2) is 8.74. The average Bonchev–Trinajstić information content (AvgIpc) is 2.59. The van der Waals surface area contributed by atoms with Crippen LogP contribution in [0.15, 0.2) is 36.4 Å². The maximum atomic E-state index is 13.1. The molecule has 0 fully saturated rings. The monoisotopic (exact) mass is 408 g/mol. The summed E-state index contributed by atoms with van der Waals surface area (Å²) in [6.07, 6.45) is -1.25. The van der Waals surface area contributed by atoms with Crippen LogP contribution < -0.4 is 5.32 Å². The molecule has 0 aliphatic carbocycles. The van der Waals surface area contributed by atoms with Crippen molar-refractivity contribution in [2.45, 2.75) is 32.9 Å². The lowest BCUT2D eigenvalue weighted by molar-refractivity contribution is -0.143. The highest BCUT2D eigenvalue weighted by atomic mass is 35.5. The van der Waals surface area contributed by atoms with Gasteiger partial charge < -0.3 is 15.3 Å². The first-order valence-electron chi connectivity index (χ1n) is 8.40. The Bertz CT molecular complexity index is 848. The van der Waals surface area contributed by atoms with Crippen molar-refractivity contribution in [1.29, 1.82) is 0 Å². The number of amides is 2. The van der Waals surface area contributed by atoms with Crippen LogP contribution in [0.5, 0.6) is 0 Å². The molecule has 0 aliphatic heterocycles. The summed E-state index contributed by atoms with van der Waals surface area (Å²) < 4.78 is 0. The van der Waals surface area contributed by atoms with Gasteiger partial charge in [0.05, 0.1) is 0 Å². The summed E-state index contributed by atoms with van der Waals surface area (Å²) in [5, 5.41) is 13.2. The van der Waals surface area contributed by atoms with Crippen LogP contribution in [-0.2, 0) is 9.59 Å². The van der Waals surface area contributed by atoms with Crippen molar-refractivity contribution >= 4 is 40.7 Å². The molecule has 2 aromatic carbocycles. The maximum Gasteiger partial charge on any atom is 0.251 e. The fourth-order valence-corrected chi connectivity index (χ4v) is 3.39. The molecule has 27 heavy (non-hydrogen) atoms. The number of para-hydroxylation sites is 1. The lowest BCUT2D eigenvalue weighted by atomic mass is 10.0. The molecule has 2 rings (SSSR count). The Balaban J connectivity index is 2.48. The van der Waals surface area contributed by atoms with Gasteiger partial charge in [0.15, 0.2) is 0 Å². The zero-order valence-electron chi connectivity index (χ0n) is 15.6. The fourth-order valence-electron chi connectivity index (χ4n) is 2.87. The average molecular weight is 409 g/mol. The standard InChI is InChI=1S/C20H22Cl2N2O3/c1-11-6-5-7-12(2)17(11)23-19(26)18(24(4)20(27)13(3)25)15-9-8-14(21)10-16(15)22/h5-10,13,18,25H,1-4H3,(H,23,26)/t13-,18-/m1/s1. The number of aliphatic hydroxyl groups is 1. The zero-order valence-corrected chi connectivity index (χ0v) is 17.1. The maximum absolute atomic E-state index is 13.1. The zero-order chi connectivity index (χ0) is 20.3. The topological polar surface area (TPSA) is 69.6 Å². The van der Waals surface area contributed by atoms with Gasteiger partial charge in [-0.25, -0.2) is 0 Å². The Morgan fingerprint density at radius 3 is 2.22 bits per heavy atom. The Morgan fingerprint density at radius 2 is 1.70 bits per heavy atom. The van der Waals surface area contributed by atoms with Crippen LogP contribution in [0.2, 0.25) is 10.0 Å². The van der Waals surface area contributed by atoms with E-state index < -0.39 is 24.0 Å². The molecule has 0 bridgehead atoms. The molecular formula is C20H22Cl2N2O3. The van der Waals surface area contributed by atoms with Gasteiger partial charge in [-0.1, -0.05) is 47.5 Å². The van der Waals surface area contributed by atoms with Crippen molar-refractivity contribution in [3.05, 3.63) is 63.1 Å². The van der Waals surface area contributed by atoms with Crippen LogP contribution in [0.25, 0.3) is 0 Å². The van der Waals surface area contributed by atoms with E-state index in [0.29, 0.717) is 16.3 Å². The third-order valence-corrected chi connectivity index (χ3v) is 4.89. The molecule has 0 aromatic heterocycles.